The molecule has 132 valence electrons. The van der Waals surface area contributed by atoms with E-state index in [1.54, 1.807) is 0 Å². The molecule has 0 bridgehead atoms. The first-order valence-electron chi connectivity index (χ1n) is 8.53. The average Bonchev–Trinajstić information content (AvgIpc) is 2.64. The van der Waals surface area contributed by atoms with Crippen LogP contribution in [0.1, 0.15) is 24.4 Å². The molecule has 0 saturated carbocycles. The van der Waals surface area contributed by atoms with E-state index in [-0.39, 0.29) is 23.8 Å². The van der Waals surface area contributed by atoms with Crippen LogP contribution in [0.25, 0.3) is 0 Å². The highest BCUT2D eigenvalue weighted by atomic mass is 79.9. The molecule has 2 heterocycles. The van der Waals surface area contributed by atoms with Crippen molar-refractivity contribution >= 4 is 27.7 Å². The fourth-order valence-corrected chi connectivity index (χ4v) is 3.73. The topological polar surface area (TPSA) is 76.4 Å². The number of nitriles is 1. The van der Waals surface area contributed by atoms with Gasteiger partial charge in [0.25, 0.3) is 0 Å². The first-order valence-corrected chi connectivity index (χ1v) is 9.32. The van der Waals surface area contributed by atoms with Crippen LogP contribution < -0.4 is 5.32 Å². The lowest BCUT2D eigenvalue weighted by molar-refractivity contribution is -0.141. The molecule has 1 N–H and O–H groups in total. The SMILES string of the molecule is N#CC(c1ccc(Br)cc1)N1CCN(C(=O)C2CCNC(=O)C2)CC1. The maximum atomic E-state index is 12.6. The van der Waals surface area contributed by atoms with Crippen LogP contribution >= 0.6 is 15.9 Å². The minimum atomic E-state index is -0.300. The van der Waals surface area contributed by atoms with Gasteiger partial charge in [0.2, 0.25) is 11.8 Å². The second kappa shape index (κ2) is 7.98. The summed E-state index contributed by atoms with van der Waals surface area (Å²) < 4.78 is 0.986. The van der Waals surface area contributed by atoms with Crippen molar-refractivity contribution in [1.82, 2.24) is 15.1 Å². The largest absolute Gasteiger partial charge is 0.356 e. The monoisotopic (exact) mass is 404 g/mol. The van der Waals surface area contributed by atoms with Gasteiger partial charge in [-0.2, -0.15) is 5.26 Å². The van der Waals surface area contributed by atoms with Gasteiger partial charge in [0.15, 0.2) is 0 Å². The first kappa shape index (κ1) is 17.9. The molecular weight excluding hydrogens is 384 g/mol. The first-order chi connectivity index (χ1) is 12.1. The molecular formula is C18H21BrN4O2. The van der Waals surface area contributed by atoms with E-state index in [9.17, 15) is 14.9 Å². The van der Waals surface area contributed by atoms with Gasteiger partial charge in [0.1, 0.15) is 6.04 Å². The molecule has 2 fully saturated rings. The highest BCUT2D eigenvalue weighted by molar-refractivity contribution is 9.10. The molecule has 2 atom stereocenters. The number of carbonyl (C=O) groups is 2. The Bertz CT molecular complexity index is 677. The van der Waals surface area contributed by atoms with Gasteiger partial charge >= 0.3 is 0 Å². The molecule has 2 aliphatic rings. The summed E-state index contributed by atoms with van der Waals surface area (Å²) >= 11 is 3.41. The number of hydrogen-bond donors (Lipinski definition) is 1. The van der Waals surface area contributed by atoms with Gasteiger partial charge in [-0.25, -0.2) is 0 Å². The lowest BCUT2D eigenvalue weighted by Gasteiger charge is -2.38. The predicted octanol–water partition coefficient (Wildman–Crippen LogP) is 1.68. The maximum Gasteiger partial charge on any atom is 0.226 e. The van der Waals surface area contributed by atoms with Crippen molar-refractivity contribution in [2.24, 2.45) is 5.92 Å². The van der Waals surface area contributed by atoms with Gasteiger partial charge in [-0.05, 0) is 24.1 Å². The Labute approximate surface area is 155 Å². The third kappa shape index (κ3) is 4.20. The van der Waals surface area contributed by atoms with Crippen molar-refractivity contribution in [2.75, 3.05) is 32.7 Å². The summed E-state index contributed by atoms with van der Waals surface area (Å²) in [5, 5.41) is 12.3. The van der Waals surface area contributed by atoms with Crippen molar-refractivity contribution in [1.29, 1.82) is 5.26 Å². The second-order valence-corrected chi connectivity index (χ2v) is 7.40. The number of nitrogens with zero attached hydrogens (tertiary/aromatic N) is 3. The number of piperazine rings is 1. The Kier molecular flexibility index (Phi) is 5.71. The maximum absolute atomic E-state index is 12.6. The van der Waals surface area contributed by atoms with Gasteiger partial charge < -0.3 is 10.2 Å². The molecule has 2 aliphatic heterocycles. The smallest absolute Gasteiger partial charge is 0.226 e. The highest BCUT2D eigenvalue weighted by Gasteiger charge is 2.32. The molecule has 3 rings (SSSR count). The van der Waals surface area contributed by atoms with E-state index in [1.165, 1.54) is 0 Å². The zero-order valence-electron chi connectivity index (χ0n) is 13.9. The van der Waals surface area contributed by atoms with Crippen LogP contribution in [0.3, 0.4) is 0 Å². The van der Waals surface area contributed by atoms with Crippen LogP contribution in [0.5, 0.6) is 0 Å². The van der Waals surface area contributed by atoms with Crippen LogP contribution in [-0.2, 0) is 9.59 Å². The Morgan fingerprint density at radius 3 is 2.52 bits per heavy atom. The highest BCUT2D eigenvalue weighted by Crippen LogP contribution is 2.24. The Balaban J connectivity index is 1.59. The van der Waals surface area contributed by atoms with E-state index in [0.29, 0.717) is 45.6 Å². The van der Waals surface area contributed by atoms with Gasteiger partial charge in [-0.1, -0.05) is 28.1 Å². The number of hydrogen-bond acceptors (Lipinski definition) is 4. The standard InChI is InChI=1S/C18H21BrN4O2/c19-15-3-1-13(2-4-15)16(12-20)22-7-9-23(10-8-22)18(25)14-5-6-21-17(24)11-14/h1-4,14,16H,5-11H2,(H,21,24). The van der Waals surface area contributed by atoms with Crippen LogP contribution in [0.15, 0.2) is 28.7 Å². The van der Waals surface area contributed by atoms with Crippen molar-refractivity contribution in [3.05, 3.63) is 34.3 Å². The van der Waals surface area contributed by atoms with Crippen molar-refractivity contribution < 1.29 is 9.59 Å². The van der Waals surface area contributed by atoms with Crippen LogP contribution in [-0.4, -0.2) is 54.3 Å². The third-order valence-corrected chi connectivity index (χ3v) is 5.42. The normalized spacial score (nSPS) is 22.8. The molecule has 2 unspecified atom stereocenters. The van der Waals surface area contributed by atoms with E-state index < -0.39 is 0 Å². The van der Waals surface area contributed by atoms with E-state index in [1.807, 2.05) is 29.2 Å². The minimum Gasteiger partial charge on any atom is -0.356 e. The molecule has 25 heavy (non-hydrogen) atoms. The molecule has 0 aliphatic carbocycles. The van der Waals surface area contributed by atoms with Gasteiger partial charge in [-0.15, -0.1) is 0 Å². The number of piperidine rings is 1. The van der Waals surface area contributed by atoms with Crippen molar-refractivity contribution in [3.8, 4) is 6.07 Å². The van der Waals surface area contributed by atoms with Gasteiger partial charge in [-0.3, -0.25) is 14.5 Å². The molecule has 1 aromatic rings. The Hall–Kier alpha value is -1.91. The number of amides is 2. The van der Waals surface area contributed by atoms with Crippen molar-refractivity contribution in [3.63, 3.8) is 0 Å². The van der Waals surface area contributed by atoms with E-state index >= 15 is 0 Å². The molecule has 0 aromatic heterocycles. The minimum absolute atomic E-state index is 0.0389. The van der Waals surface area contributed by atoms with Gasteiger partial charge in [0.05, 0.1) is 6.07 Å². The number of nitrogens with one attached hydrogen (secondary N) is 1. The molecule has 2 amide bonds. The van der Waals surface area contributed by atoms with Crippen LogP contribution in [0, 0.1) is 17.2 Å². The Morgan fingerprint density at radius 1 is 1.24 bits per heavy atom. The fraction of sp³-hybridized carbons (Fsp3) is 0.500. The van der Waals surface area contributed by atoms with E-state index in [2.05, 4.69) is 32.2 Å². The molecule has 1 aromatic carbocycles. The molecule has 7 heteroatoms. The molecule has 6 nitrogen and oxygen atoms in total. The summed E-state index contributed by atoms with van der Waals surface area (Å²) in [7, 11) is 0. The van der Waals surface area contributed by atoms with Crippen LogP contribution in [0.2, 0.25) is 0 Å². The number of benzene rings is 1. The summed E-state index contributed by atoms with van der Waals surface area (Å²) in [5.74, 6) is -0.159. The third-order valence-electron chi connectivity index (χ3n) is 4.90. The lowest BCUT2D eigenvalue weighted by atomic mass is 9.95. The van der Waals surface area contributed by atoms with Crippen molar-refractivity contribution in [2.45, 2.75) is 18.9 Å². The fourth-order valence-electron chi connectivity index (χ4n) is 3.47. The Morgan fingerprint density at radius 2 is 1.92 bits per heavy atom. The summed E-state index contributed by atoms with van der Waals surface area (Å²) in [5.41, 5.74) is 0.967. The van der Waals surface area contributed by atoms with Gasteiger partial charge in [0, 0.05) is 49.5 Å². The summed E-state index contributed by atoms with van der Waals surface area (Å²) in [6.07, 6.45) is 1.00. The molecule has 0 spiro atoms. The second-order valence-electron chi connectivity index (χ2n) is 6.48. The zero-order valence-corrected chi connectivity index (χ0v) is 15.5. The zero-order chi connectivity index (χ0) is 17.8. The summed E-state index contributed by atoms with van der Waals surface area (Å²) in [4.78, 5) is 28.1. The molecule has 0 radical (unpaired) electrons. The number of rotatable bonds is 3. The van der Waals surface area contributed by atoms with E-state index in [4.69, 9.17) is 0 Å². The van der Waals surface area contributed by atoms with E-state index in [0.717, 1.165) is 10.0 Å². The quantitative estimate of drug-likeness (QED) is 0.831. The predicted molar refractivity (Wildman–Crippen MR) is 96.4 cm³/mol. The number of carbonyl (C=O) groups excluding carboxylic acids is 2. The van der Waals surface area contributed by atoms with Crippen LogP contribution in [0.4, 0.5) is 0 Å². The average molecular weight is 405 g/mol. The summed E-state index contributed by atoms with van der Waals surface area (Å²) in [6.45, 7) is 3.12. The molecule has 2 saturated heterocycles. The lowest BCUT2D eigenvalue weighted by Crippen LogP contribution is -2.52. The number of halogens is 1. The summed E-state index contributed by atoms with van der Waals surface area (Å²) in [6, 6.07) is 9.86.